The molecule has 0 saturated heterocycles. The zero-order valence-electron chi connectivity index (χ0n) is 11.0. The third-order valence-electron chi connectivity index (χ3n) is 2.26. The van der Waals surface area contributed by atoms with E-state index < -0.39 is 0 Å². The van der Waals surface area contributed by atoms with E-state index >= 15 is 0 Å². The Hall–Kier alpha value is -0.890. The van der Waals surface area contributed by atoms with Crippen molar-refractivity contribution in [1.29, 1.82) is 0 Å². The second kappa shape index (κ2) is 9.34. The lowest BCUT2D eigenvalue weighted by Gasteiger charge is -2.15. The van der Waals surface area contributed by atoms with E-state index in [1.165, 1.54) is 30.5 Å². The molecule has 1 rings (SSSR count). The van der Waals surface area contributed by atoms with E-state index in [9.17, 15) is 4.39 Å². The summed E-state index contributed by atoms with van der Waals surface area (Å²) in [6.45, 7) is 8.19. The van der Waals surface area contributed by atoms with Crippen LogP contribution in [0.2, 0.25) is 0 Å². The highest BCUT2D eigenvalue weighted by molar-refractivity contribution is 5.15. The summed E-state index contributed by atoms with van der Waals surface area (Å²) in [5.41, 5.74) is 1.17. The number of hydrogen-bond donors (Lipinski definition) is 0. The molecule has 0 atom stereocenters. The molecule has 0 aliphatic rings. The van der Waals surface area contributed by atoms with Crippen LogP contribution in [-0.4, -0.2) is 18.5 Å². The molecule has 16 heavy (non-hydrogen) atoms. The van der Waals surface area contributed by atoms with Crippen LogP contribution in [-0.2, 0) is 6.54 Å². The van der Waals surface area contributed by atoms with Crippen LogP contribution >= 0.6 is 0 Å². The van der Waals surface area contributed by atoms with Gasteiger partial charge in [0, 0.05) is 6.54 Å². The van der Waals surface area contributed by atoms with E-state index in [1.54, 1.807) is 0 Å². The fraction of sp³-hybridized carbons (Fsp3) is 0.571. The van der Waals surface area contributed by atoms with Crippen molar-refractivity contribution in [2.24, 2.45) is 0 Å². The van der Waals surface area contributed by atoms with Crippen LogP contribution in [0.3, 0.4) is 0 Å². The van der Waals surface area contributed by atoms with Crippen molar-refractivity contribution in [3.05, 3.63) is 35.6 Å². The predicted molar refractivity (Wildman–Crippen MR) is 69.0 cm³/mol. The molecule has 1 nitrogen and oxygen atoms in total. The van der Waals surface area contributed by atoms with Crippen LogP contribution in [0.5, 0.6) is 0 Å². The number of unbranched alkanes of at least 4 members (excludes halogenated alkanes) is 1. The number of nitrogens with zero attached hydrogens (tertiary/aromatic N) is 1. The topological polar surface area (TPSA) is 3.24 Å². The van der Waals surface area contributed by atoms with E-state index in [-0.39, 0.29) is 5.82 Å². The van der Waals surface area contributed by atoms with E-state index in [2.05, 4.69) is 18.9 Å². The molecule has 0 saturated carbocycles. The highest BCUT2D eigenvalue weighted by Crippen LogP contribution is 2.05. The van der Waals surface area contributed by atoms with Crippen LogP contribution in [0, 0.1) is 5.82 Å². The standard InChI is InChI=1S/C12H18FN.C2H6/c1-3-4-9-14(2)10-11-5-7-12(13)8-6-11;1-2/h5-8H,3-4,9-10H2,1-2H3;1-2H3. The monoisotopic (exact) mass is 225 g/mol. The van der Waals surface area contributed by atoms with E-state index in [0.29, 0.717) is 0 Å². The summed E-state index contributed by atoms with van der Waals surface area (Å²) in [6, 6.07) is 6.72. The van der Waals surface area contributed by atoms with Crippen molar-refractivity contribution in [3.8, 4) is 0 Å². The zero-order chi connectivity index (χ0) is 12.4. The van der Waals surface area contributed by atoms with Crippen molar-refractivity contribution >= 4 is 0 Å². The number of benzene rings is 1. The molecule has 0 fully saturated rings. The van der Waals surface area contributed by atoms with Gasteiger partial charge in [-0.3, -0.25) is 0 Å². The molecule has 1 aromatic carbocycles. The van der Waals surface area contributed by atoms with Gasteiger partial charge in [0.15, 0.2) is 0 Å². The summed E-state index contributed by atoms with van der Waals surface area (Å²) in [5, 5.41) is 0. The van der Waals surface area contributed by atoms with Gasteiger partial charge in [0.1, 0.15) is 5.82 Å². The molecule has 1 aromatic rings. The van der Waals surface area contributed by atoms with Gasteiger partial charge in [-0.15, -0.1) is 0 Å². The Kier molecular flexibility index (Phi) is 8.82. The summed E-state index contributed by atoms with van der Waals surface area (Å²) in [7, 11) is 2.10. The van der Waals surface area contributed by atoms with Gasteiger partial charge in [0.25, 0.3) is 0 Å². The molecule has 0 spiro atoms. The Morgan fingerprint density at radius 1 is 1.12 bits per heavy atom. The molecule has 0 heterocycles. The SMILES string of the molecule is CC.CCCCN(C)Cc1ccc(F)cc1. The lowest BCUT2D eigenvalue weighted by molar-refractivity contribution is 0.320. The molecule has 2 heteroatoms. The molecule has 92 valence electrons. The van der Waals surface area contributed by atoms with Crippen molar-refractivity contribution in [1.82, 2.24) is 4.90 Å². The first kappa shape index (κ1) is 15.1. The predicted octanol–water partition coefficient (Wildman–Crippen LogP) is 4.08. The Morgan fingerprint density at radius 2 is 1.69 bits per heavy atom. The van der Waals surface area contributed by atoms with E-state index in [0.717, 1.165) is 13.1 Å². The van der Waals surface area contributed by atoms with Gasteiger partial charge in [0.2, 0.25) is 0 Å². The van der Waals surface area contributed by atoms with E-state index in [1.807, 2.05) is 26.0 Å². The first-order valence-corrected chi connectivity index (χ1v) is 6.15. The summed E-state index contributed by atoms with van der Waals surface area (Å²) >= 11 is 0. The Balaban J connectivity index is 0.00000106. The molecular weight excluding hydrogens is 201 g/mol. The third kappa shape index (κ3) is 6.57. The second-order valence-corrected chi connectivity index (χ2v) is 3.72. The van der Waals surface area contributed by atoms with Gasteiger partial charge in [-0.1, -0.05) is 39.3 Å². The Labute approximate surface area is 99.3 Å². The van der Waals surface area contributed by atoms with Crippen LogP contribution in [0.15, 0.2) is 24.3 Å². The van der Waals surface area contributed by atoms with Crippen molar-refractivity contribution in [2.75, 3.05) is 13.6 Å². The first-order chi connectivity index (χ1) is 7.72. The zero-order valence-corrected chi connectivity index (χ0v) is 11.0. The summed E-state index contributed by atoms with van der Waals surface area (Å²) in [5.74, 6) is -0.162. The van der Waals surface area contributed by atoms with Crippen molar-refractivity contribution in [3.63, 3.8) is 0 Å². The Morgan fingerprint density at radius 3 is 2.19 bits per heavy atom. The molecule has 0 radical (unpaired) electrons. The van der Waals surface area contributed by atoms with Crippen LogP contribution in [0.4, 0.5) is 4.39 Å². The van der Waals surface area contributed by atoms with Crippen molar-refractivity contribution in [2.45, 2.75) is 40.2 Å². The first-order valence-electron chi connectivity index (χ1n) is 6.15. The Bertz CT molecular complexity index is 256. The average molecular weight is 225 g/mol. The maximum atomic E-state index is 12.6. The van der Waals surface area contributed by atoms with Gasteiger partial charge in [-0.25, -0.2) is 4.39 Å². The summed E-state index contributed by atoms with van der Waals surface area (Å²) < 4.78 is 12.6. The van der Waals surface area contributed by atoms with E-state index in [4.69, 9.17) is 0 Å². The number of rotatable bonds is 5. The minimum atomic E-state index is -0.162. The lowest BCUT2D eigenvalue weighted by Crippen LogP contribution is -2.18. The number of hydrogen-bond acceptors (Lipinski definition) is 1. The average Bonchev–Trinajstić information content (AvgIpc) is 2.32. The largest absolute Gasteiger partial charge is 0.302 e. The second-order valence-electron chi connectivity index (χ2n) is 3.72. The van der Waals surface area contributed by atoms with Gasteiger partial charge in [-0.2, -0.15) is 0 Å². The third-order valence-corrected chi connectivity index (χ3v) is 2.26. The molecule has 0 amide bonds. The van der Waals surface area contributed by atoms with Gasteiger partial charge in [-0.05, 0) is 37.7 Å². The smallest absolute Gasteiger partial charge is 0.123 e. The normalized spacial score (nSPS) is 9.88. The van der Waals surface area contributed by atoms with Crippen LogP contribution in [0.25, 0.3) is 0 Å². The maximum Gasteiger partial charge on any atom is 0.123 e. The van der Waals surface area contributed by atoms with Gasteiger partial charge < -0.3 is 4.90 Å². The van der Waals surface area contributed by atoms with Gasteiger partial charge in [0.05, 0.1) is 0 Å². The molecule has 0 unspecified atom stereocenters. The molecule has 0 aromatic heterocycles. The minimum absolute atomic E-state index is 0.162. The highest BCUT2D eigenvalue weighted by atomic mass is 19.1. The van der Waals surface area contributed by atoms with Crippen LogP contribution in [0.1, 0.15) is 39.2 Å². The number of halogens is 1. The minimum Gasteiger partial charge on any atom is -0.302 e. The molecule has 0 aliphatic carbocycles. The van der Waals surface area contributed by atoms with Gasteiger partial charge >= 0.3 is 0 Å². The molecular formula is C14H24FN. The quantitative estimate of drug-likeness (QED) is 0.729. The summed E-state index contributed by atoms with van der Waals surface area (Å²) in [4.78, 5) is 2.26. The molecule has 0 N–H and O–H groups in total. The lowest BCUT2D eigenvalue weighted by atomic mass is 10.2. The molecule has 0 bridgehead atoms. The summed E-state index contributed by atoms with van der Waals surface area (Å²) in [6.07, 6.45) is 2.44. The van der Waals surface area contributed by atoms with Crippen LogP contribution < -0.4 is 0 Å². The van der Waals surface area contributed by atoms with Crippen molar-refractivity contribution < 1.29 is 4.39 Å². The fourth-order valence-electron chi connectivity index (χ4n) is 1.41. The molecule has 0 aliphatic heterocycles. The highest BCUT2D eigenvalue weighted by Gasteiger charge is 1.99. The maximum absolute atomic E-state index is 12.6. The fourth-order valence-corrected chi connectivity index (χ4v) is 1.41.